The maximum atomic E-state index is 5.56. The molecule has 0 unspecified atom stereocenters. The Morgan fingerprint density at radius 3 is 3.18 bits per heavy atom. The molecule has 0 fully saturated rings. The van der Waals surface area contributed by atoms with Gasteiger partial charge < -0.3 is 4.42 Å². The minimum atomic E-state index is 0.248. The van der Waals surface area contributed by atoms with E-state index in [0.717, 1.165) is 11.3 Å². The normalized spacial score (nSPS) is 10.7. The summed E-state index contributed by atoms with van der Waals surface area (Å²) in [7, 11) is 0. The lowest BCUT2D eigenvalue weighted by atomic mass is 10.4. The van der Waals surface area contributed by atoms with Gasteiger partial charge in [0.15, 0.2) is 5.58 Å². The van der Waals surface area contributed by atoms with Crippen molar-refractivity contribution in [1.82, 2.24) is 9.97 Å². The van der Waals surface area contributed by atoms with Crippen molar-refractivity contribution in [2.24, 2.45) is 0 Å². The molecular formula is C7H5ClN2O. The van der Waals surface area contributed by atoms with Crippen molar-refractivity contribution >= 4 is 22.7 Å². The first-order valence-corrected chi connectivity index (χ1v) is 3.52. The maximum absolute atomic E-state index is 5.56. The van der Waals surface area contributed by atoms with Gasteiger partial charge in [-0.2, -0.15) is 0 Å². The third-order valence-electron chi connectivity index (χ3n) is 1.36. The highest BCUT2D eigenvalue weighted by atomic mass is 35.5. The molecule has 0 spiro atoms. The van der Waals surface area contributed by atoms with E-state index in [1.165, 1.54) is 0 Å². The Balaban J connectivity index is 2.82. The van der Waals surface area contributed by atoms with Crippen LogP contribution in [0.3, 0.4) is 0 Å². The van der Waals surface area contributed by atoms with Gasteiger partial charge in [0.1, 0.15) is 11.3 Å². The quantitative estimate of drug-likeness (QED) is 0.566. The van der Waals surface area contributed by atoms with Crippen molar-refractivity contribution in [2.75, 3.05) is 0 Å². The van der Waals surface area contributed by atoms with Gasteiger partial charge in [-0.25, -0.2) is 9.97 Å². The van der Waals surface area contributed by atoms with E-state index in [1.54, 1.807) is 6.20 Å². The van der Waals surface area contributed by atoms with Crippen LogP contribution in [0.2, 0.25) is 5.28 Å². The van der Waals surface area contributed by atoms with E-state index in [2.05, 4.69) is 9.97 Å². The zero-order valence-electron chi connectivity index (χ0n) is 5.84. The Hall–Kier alpha value is -1.09. The fraction of sp³-hybridized carbons (Fsp3) is 0.143. The second-order valence-corrected chi connectivity index (χ2v) is 2.58. The van der Waals surface area contributed by atoms with Crippen LogP contribution in [0.5, 0.6) is 0 Å². The monoisotopic (exact) mass is 168 g/mol. The van der Waals surface area contributed by atoms with Gasteiger partial charge in [-0.3, -0.25) is 0 Å². The third-order valence-corrected chi connectivity index (χ3v) is 1.55. The summed E-state index contributed by atoms with van der Waals surface area (Å²) in [4.78, 5) is 7.74. The van der Waals surface area contributed by atoms with E-state index in [4.69, 9.17) is 16.0 Å². The number of aromatic nitrogens is 2. The molecule has 0 aliphatic heterocycles. The third kappa shape index (κ3) is 1.07. The maximum Gasteiger partial charge on any atom is 0.223 e. The molecule has 2 heterocycles. The number of rotatable bonds is 0. The SMILES string of the molecule is Cc1cc2nc(Cl)ncc2o1. The van der Waals surface area contributed by atoms with Crippen molar-refractivity contribution in [3.8, 4) is 0 Å². The van der Waals surface area contributed by atoms with E-state index in [-0.39, 0.29) is 5.28 Å². The van der Waals surface area contributed by atoms with Gasteiger partial charge in [0.25, 0.3) is 0 Å². The van der Waals surface area contributed by atoms with Crippen molar-refractivity contribution in [3.05, 3.63) is 23.3 Å². The Bertz CT molecular complexity index is 396. The Kier molecular flexibility index (Phi) is 1.32. The van der Waals surface area contributed by atoms with Crippen molar-refractivity contribution in [2.45, 2.75) is 6.92 Å². The van der Waals surface area contributed by atoms with Crippen LogP contribution in [-0.4, -0.2) is 9.97 Å². The number of halogens is 1. The van der Waals surface area contributed by atoms with Gasteiger partial charge in [0, 0.05) is 6.07 Å². The number of fused-ring (bicyclic) bond motifs is 1. The van der Waals surface area contributed by atoms with Gasteiger partial charge in [-0.05, 0) is 18.5 Å². The lowest BCUT2D eigenvalue weighted by molar-refractivity contribution is 0.577. The highest BCUT2D eigenvalue weighted by Gasteiger charge is 2.01. The first kappa shape index (κ1) is 6.61. The highest BCUT2D eigenvalue weighted by molar-refractivity contribution is 6.28. The lowest BCUT2D eigenvalue weighted by Gasteiger charge is -1.85. The molecular weight excluding hydrogens is 164 g/mol. The molecule has 2 aromatic rings. The lowest BCUT2D eigenvalue weighted by Crippen LogP contribution is -1.78. The molecule has 56 valence electrons. The molecule has 0 aromatic carbocycles. The summed E-state index contributed by atoms with van der Waals surface area (Å²) in [5.74, 6) is 0.816. The molecule has 0 saturated heterocycles. The number of furan rings is 1. The molecule has 0 aliphatic rings. The molecule has 0 aliphatic carbocycles. The molecule has 0 amide bonds. The van der Waals surface area contributed by atoms with Crippen LogP contribution in [-0.2, 0) is 0 Å². The zero-order chi connectivity index (χ0) is 7.84. The van der Waals surface area contributed by atoms with E-state index in [0.29, 0.717) is 5.58 Å². The van der Waals surface area contributed by atoms with Crippen LogP contribution in [0.25, 0.3) is 11.1 Å². The van der Waals surface area contributed by atoms with Crippen LogP contribution in [0, 0.1) is 6.92 Å². The van der Waals surface area contributed by atoms with Gasteiger partial charge in [-0.1, -0.05) is 0 Å². The van der Waals surface area contributed by atoms with E-state index < -0.39 is 0 Å². The molecule has 0 radical (unpaired) electrons. The topological polar surface area (TPSA) is 38.9 Å². The fourth-order valence-corrected chi connectivity index (χ4v) is 1.08. The summed E-state index contributed by atoms with van der Waals surface area (Å²) in [6.45, 7) is 1.86. The van der Waals surface area contributed by atoms with Gasteiger partial charge in [-0.15, -0.1) is 0 Å². The second-order valence-electron chi connectivity index (χ2n) is 2.25. The molecule has 0 bridgehead atoms. The molecule has 0 atom stereocenters. The smallest absolute Gasteiger partial charge is 0.223 e. The Morgan fingerprint density at radius 1 is 1.55 bits per heavy atom. The van der Waals surface area contributed by atoms with Crippen LogP contribution in [0.1, 0.15) is 5.76 Å². The molecule has 2 aromatic heterocycles. The summed E-state index contributed by atoms with van der Waals surface area (Å²) in [6, 6.07) is 1.82. The minimum absolute atomic E-state index is 0.248. The van der Waals surface area contributed by atoms with Crippen molar-refractivity contribution < 1.29 is 4.42 Å². The van der Waals surface area contributed by atoms with Crippen molar-refractivity contribution in [1.29, 1.82) is 0 Å². The van der Waals surface area contributed by atoms with Gasteiger partial charge >= 0.3 is 0 Å². The van der Waals surface area contributed by atoms with Crippen LogP contribution in [0.4, 0.5) is 0 Å². The standard InChI is InChI=1S/C7H5ClN2O/c1-4-2-5-6(11-4)3-9-7(8)10-5/h2-3H,1H3. The van der Waals surface area contributed by atoms with Gasteiger partial charge in [0.05, 0.1) is 6.20 Å². The highest BCUT2D eigenvalue weighted by Crippen LogP contribution is 2.16. The predicted molar refractivity (Wildman–Crippen MR) is 41.6 cm³/mol. The summed E-state index contributed by atoms with van der Waals surface area (Å²) in [6.07, 6.45) is 1.57. The van der Waals surface area contributed by atoms with E-state index >= 15 is 0 Å². The molecule has 4 heteroatoms. The minimum Gasteiger partial charge on any atom is -0.458 e. The Morgan fingerprint density at radius 2 is 2.36 bits per heavy atom. The van der Waals surface area contributed by atoms with Gasteiger partial charge in [0.2, 0.25) is 5.28 Å². The molecule has 2 rings (SSSR count). The first-order valence-electron chi connectivity index (χ1n) is 3.14. The number of nitrogens with zero attached hydrogens (tertiary/aromatic N) is 2. The van der Waals surface area contributed by atoms with Crippen LogP contribution in [0.15, 0.2) is 16.7 Å². The average molecular weight is 169 g/mol. The molecule has 0 saturated carbocycles. The number of hydrogen-bond donors (Lipinski definition) is 0. The largest absolute Gasteiger partial charge is 0.458 e. The van der Waals surface area contributed by atoms with E-state index in [9.17, 15) is 0 Å². The van der Waals surface area contributed by atoms with Crippen LogP contribution < -0.4 is 0 Å². The zero-order valence-corrected chi connectivity index (χ0v) is 6.59. The summed E-state index contributed by atoms with van der Waals surface area (Å²) < 4.78 is 5.24. The Labute approximate surface area is 68.0 Å². The van der Waals surface area contributed by atoms with Crippen LogP contribution >= 0.6 is 11.6 Å². The first-order chi connectivity index (χ1) is 5.25. The fourth-order valence-electron chi connectivity index (χ4n) is 0.939. The summed E-state index contributed by atoms with van der Waals surface area (Å²) in [5, 5.41) is 0.248. The van der Waals surface area contributed by atoms with Crippen molar-refractivity contribution in [3.63, 3.8) is 0 Å². The molecule has 0 N–H and O–H groups in total. The summed E-state index contributed by atoms with van der Waals surface area (Å²) >= 11 is 5.56. The predicted octanol–water partition coefficient (Wildman–Crippen LogP) is 2.18. The average Bonchev–Trinajstić information content (AvgIpc) is 2.27. The molecule has 11 heavy (non-hydrogen) atoms. The second kappa shape index (κ2) is 2.20. The number of aryl methyl sites for hydroxylation is 1. The summed E-state index contributed by atoms with van der Waals surface area (Å²) in [5.41, 5.74) is 1.43. The number of hydrogen-bond acceptors (Lipinski definition) is 3. The molecule has 3 nitrogen and oxygen atoms in total. The van der Waals surface area contributed by atoms with E-state index in [1.807, 2.05) is 13.0 Å².